The first-order chi connectivity index (χ1) is 12.1. The van der Waals surface area contributed by atoms with Gasteiger partial charge >= 0.3 is 0 Å². The van der Waals surface area contributed by atoms with E-state index in [4.69, 9.17) is 0 Å². The first-order valence-corrected chi connectivity index (χ1v) is 9.07. The average Bonchev–Trinajstić information content (AvgIpc) is 3.19. The topological polar surface area (TPSA) is 86.9 Å². The van der Waals surface area contributed by atoms with E-state index in [0.29, 0.717) is 17.2 Å². The molecule has 1 aromatic carbocycles. The zero-order chi connectivity index (χ0) is 17.8. The van der Waals surface area contributed by atoms with E-state index >= 15 is 0 Å². The molecule has 1 atom stereocenters. The smallest absolute Gasteiger partial charge is 0.262 e. The molecule has 0 aliphatic rings. The van der Waals surface area contributed by atoms with Gasteiger partial charge < -0.3 is 10.3 Å². The fourth-order valence-corrected chi connectivity index (χ4v) is 3.43. The Bertz CT molecular complexity index is 866. The highest BCUT2D eigenvalue weighted by atomic mass is 32.1. The molecule has 0 fully saturated rings. The number of amides is 2. The number of aromatic amines is 1. The van der Waals surface area contributed by atoms with Crippen molar-refractivity contribution in [1.82, 2.24) is 15.3 Å². The molecule has 3 aromatic rings. The van der Waals surface area contributed by atoms with Gasteiger partial charge in [0.25, 0.3) is 5.91 Å². The lowest BCUT2D eigenvalue weighted by molar-refractivity contribution is -0.118. The fourth-order valence-electron chi connectivity index (χ4n) is 2.60. The van der Waals surface area contributed by atoms with E-state index < -0.39 is 6.04 Å². The van der Waals surface area contributed by atoms with Crippen molar-refractivity contribution in [1.29, 1.82) is 0 Å². The maximum atomic E-state index is 12.6. The molecule has 1 unspecified atom stereocenters. The minimum atomic E-state index is -0.604. The van der Waals surface area contributed by atoms with Gasteiger partial charge in [-0.05, 0) is 42.5 Å². The van der Waals surface area contributed by atoms with Crippen LogP contribution in [-0.2, 0) is 4.79 Å². The van der Waals surface area contributed by atoms with Crippen molar-refractivity contribution in [3.8, 4) is 0 Å². The number of carbonyl (C=O) groups excluding carboxylic acids is 2. The second-order valence-corrected chi connectivity index (χ2v) is 6.76. The van der Waals surface area contributed by atoms with Gasteiger partial charge in [-0.3, -0.25) is 14.9 Å². The predicted octanol–water partition coefficient (Wildman–Crippen LogP) is 3.47. The highest BCUT2D eigenvalue weighted by molar-refractivity contribution is 7.12. The molecule has 0 radical (unpaired) electrons. The average molecular weight is 356 g/mol. The first kappa shape index (κ1) is 17.2. The third kappa shape index (κ3) is 3.88. The SMILES string of the molecule is CCCC(NC(=O)c1sccc1C)C(=O)Nc1nc2ccccc2[nH]1. The summed E-state index contributed by atoms with van der Waals surface area (Å²) in [6, 6.07) is 8.83. The van der Waals surface area contributed by atoms with E-state index in [9.17, 15) is 9.59 Å². The molecule has 0 saturated carbocycles. The summed E-state index contributed by atoms with van der Waals surface area (Å²) in [6.07, 6.45) is 1.34. The van der Waals surface area contributed by atoms with Crippen molar-refractivity contribution in [2.24, 2.45) is 0 Å². The molecule has 0 spiro atoms. The Morgan fingerprint density at radius 2 is 2.08 bits per heavy atom. The maximum Gasteiger partial charge on any atom is 0.262 e. The lowest BCUT2D eigenvalue weighted by Gasteiger charge is -2.16. The van der Waals surface area contributed by atoms with E-state index in [-0.39, 0.29) is 11.8 Å². The van der Waals surface area contributed by atoms with Gasteiger partial charge in [0.05, 0.1) is 15.9 Å². The number of H-pyrrole nitrogens is 1. The number of para-hydroxylation sites is 2. The second-order valence-electron chi connectivity index (χ2n) is 5.84. The highest BCUT2D eigenvalue weighted by Crippen LogP contribution is 2.17. The number of aromatic nitrogens is 2. The van der Waals surface area contributed by atoms with Crippen LogP contribution in [0.4, 0.5) is 5.95 Å². The van der Waals surface area contributed by atoms with Crippen LogP contribution in [0.1, 0.15) is 35.0 Å². The summed E-state index contributed by atoms with van der Waals surface area (Å²) in [5.74, 6) is -0.108. The number of thiophene rings is 1. The lowest BCUT2D eigenvalue weighted by atomic mass is 10.1. The lowest BCUT2D eigenvalue weighted by Crippen LogP contribution is -2.43. The first-order valence-electron chi connectivity index (χ1n) is 8.19. The van der Waals surface area contributed by atoms with E-state index in [1.54, 1.807) is 0 Å². The molecular weight excluding hydrogens is 336 g/mol. The minimum Gasteiger partial charge on any atom is -0.340 e. The van der Waals surface area contributed by atoms with Gasteiger partial charge in [0.2, 0.25) is 11.9 Å². The third-order valence-corrected chi connectivity index (χ3v) is 4.91. The second kappa shape index (κ2) is 7.48. The molecule has 0 bridgehead atoms. The van der Waals surface area contributed by atoms with Gasteiger partial charge in [0, 0.05) is 0 Å². The summed E-state index contributed by atoms with van der Waals surface area (Å²) in [6.45, 7) is 3.86. The summed E-state index contributed by atoms with van der Waals surface area (Å²) in [5.41, 5.74) is 2.54. The number of benzene rings is 1. The Morgan fingerprint density at radius 3 is 2.76 bits per heavy atom. The van der Waals surface area contributed by atoms with Crippen molar-refractivity contribution >= 4 is 40.1 Å². The highest BCUT2D eigenvalue weighted by Gasteiger charge is 2.22. The van der Waals surface area contributed by atoms with Crippen molar-refractivity contribution < 1.29 is 9.59 Å². The molecule has 0 saturated heterocycles. The summed E-state index contributed by atoms with van der Waals surface area (Å²) < 4.78 is 0. The van der Waals surface area contributed by atoms with Gasteiger partial charge in [-0.15, -0.1) is 11.3 Å². The Kier molecular flexibility index (Phi) is 5.14. The third-order valence-electron chi connectivity index (χ3n) is 3.90. The van der Waals surface area contributed by atoms with Crippen molar-refractivity contribution in [3.05, 3.63) is 46.2 Å². The molecule has 130 valence electrons. The fraction of sp³-hybridized carbons (Fsp3) is 0.278. The van der Waals surface area contributed by atoms with Gasteiger partial charge in [-0.1, -0.05) is 25.5 Å². The predicted molar refractivity (Wildman–Crippen MR) is 99.9 cm³/mol. The molecule has 7 heteroatoms. The minimum absolute atomic E-state index is 0.217. The van der Waals surface area contributed by atoms with Gasteiger partial charge in [0.15, 0.2) is 0 Å². The molecule has 6 nitrogen and oxygen atoms in total. The molecule has 0 aliphatic heterocycles. The molecular formula is C18H20N4O2S. The van der Waals surface area contributed by atoms with Crippen LogP contribution in [0, 0.1) is 6.92 Å². The molecule has 2 heterocycles. The molecule has 0 aliphatic carbocycles. The standard InChI is InChI=1S/C18H20N4O2S/c1-3-6-14(19-17(24)15-11(2)9-10-25-15)16(23)22-18-20-12-7-4-5-8-13(12)21-18/h4-5,7-10,14H,3,6H2,1-2H3,(H,19,24)(H2,20,21,22,23). The largest absolute Gasteiger partial charge is 0.340 e. The van der Waals surface area contributed by atoms with Crippen LogP contribution >= 0.6 is 11.3 Å². The number of imidazole rings is 1. The van der Waals surface area contributed by atoms with Crippen LogP contribution < -0.4 is 10.6 Å². The van der Waals surface area contributed by atoms with Crippen molar-refractivity contribution in [2.75, 3.05) is 5.32 Å². The zero-order valence-electron chi connectivity index (χ0n) is 14.1. The number of aryl methyl sites for hydroxylation is 1. The molecule has 2 amide bonds. The van der Waals surface area contributed by atoms with E-state index in [1.807, 2.05) is 49.6 Å². The van der Waals surface area contributed by atoms with Crippen LogP contribution in [-0.4, -0.2) is 27.8 Å². The van der Waals surface area contributed by atoms with Gasteiger partial charge in [0.1, 0.15) is 6.04 Å². The molecule has 2 aromatic heterocycles. The number of anilines is 1. The summed E-state index contributed by atoms with van der Waals surface area (Å²) in [5, 5.41) is 7.47. The summed E-state index contributed by atoms with van der Waals surface area (Å²) in [7, 11) is 0. The normalized spacial score (nSPS) is 12.1. The Labute approximate surface area is 149 Å². The van der Waals surface area contributed by atoms with E-state index in [2.05, 4.69) is 20.6 Å². The Morgan fingerprint density at radius 1 is 1.28 bits per heavy atom. The number of nitrogens with zero attached hydrogens (tertiary/aromatic N) is 1. The van der Waals surface area contributed by atoms with Gasteiger partial charge in [-0.2, -0.15) is 0 Å². The van der Waals surface area contributed by atoms with Crippen molar-refractivity contribution in [2.45, 2.75) is 32.7 Å². The van der Waals surface area contributed by atoms with Crippen LogP contribution in [0.3, 0.4) is 0 Å². The maximum absolute atomic E-state index is 12.6. The van der Waals surface area contributed by atoms with Crippen LogP contribution in [0.15, 0.2) is 35.7 Å². The number of carbonyl (C=O) groups is 2. The summed E-state index contributed by atoms with van der Waals surface area (Å²) >= 11 is 1.37. The van der Waals surface area contributed by atoms with E-state index in [0.717, 1.165) is 23.0 Å². The number of hydrogen-bond acceptors (Lipinski definition) is 4. The van der Waals surface area contributed by atoms with Crippen LogP contribution in [0.5, 0.6) is 0 Å². The monoisotopic (exact) mass is 356 g/mol. The van der Waals surface area contributed by atoms with Crippen molar-refractivity contribution in [3.63, 3.8) is 0 Å². The molecule has 25 heavy (non-hydrogen) atoms. The van der Waals surface area contributed by atoms with Crippen LogP contribution in [0.2, 0.25) is 0 Å². The Balaban J connectivity index is 1.72. The number of nitrogens with one attached hydrogen (secondary N) is 3. The zero-order valence-corrected chi connectivity index (χ0v) is 14.9. The van der Waals surface area contributed by atoms with E-state index in [1.165, 1.54) is 11.3 Å². The van der Waals surface area contributed by atoms with Crippen LogP contribution in [0.25, 0.3) is 11.0 Å². The number of rotatable bonds is 6. The Hall–Kier alpha value is -2.67. The summed E-state index contributed by atoms with van der Waals surface area (Å²) in [4.78, 5) is 33.0. The number of fused-ring (bicyclic) bond motifs is 1. The number of hydrogen-bond donors (Lipinski definition) is 3. The molecule has 3 N–H and O–H groups in total. The molecule has 3 rings (SSSR count). The quantitative estimate of drug-likeness (QED) is 0.632. The van der Waals surface area contributed by atoms with Gasteiger partial charge in [-0.25, -0.2) is 4.98 Å².